The molecular formula is C16H25NO3. The largest absolute Gasteiger partial charge is 0.464 e. The van der Waals surface area contributed by atoms with Crippen LogP contribution in [0.25, 0.3) is 0 Å². The van der Waals surface area contributed by atoms with Crippen molar-refractivity contribution in [2.75, 3.05) is 32.8 Å². The van der Waals surface area contributed by atoms with Crippen LogP contribution in [0.3, 0.4) is 0 Å². The molecule has 0 fully saturated rings. The minimum Gasteiger partial charge on any atom is -0.464 e. The Bertz CT molecular complexity index is 377. The van der Waals surface area contributed by atoms with Gasteiger partial charge in [-0.2, -0.15) is 0 Å². The van der Waals surface area contributed by atoms with Crippen LogP contribution in [0.15, 0.2) is 30.3 Å². The molecule has 0 amide bonds. The van der Waals surface area contributed by atoms with Crippen LogP contribution in [0.1, 0.15) is 32.4 Å². The third-order valence-electron chi connectivity index (χ3n) is 3.19. The van der Waals surface area contributed by atoms with Gasteiger partial charge in [-0.05, 0) is 25.6 Å². The Morgan fingerprint density at radius 3 is 2.35 bits per heavy atom. The molecule has 0 heterocycles. The lowest BCUT2D eigenvalue weighted by atomic mass is 10.1. The molecule has 0 saturated heterocycles. The van der Waals surface area contributed by atoms with E-state index >= 15 is 0 Å². The maximum absolute atomic E-state index is 12.0. The van der Waals surface area contributed by atoms with E-state index in [-0.39, 0.29) is 5.97 Å². The van der Waals surface area contributed by atoms with Gasteiger partial charge in [-0.15, -0.1) is 0 Å². The van der Waals surface area contributed by atoms with Crippen molar-refractivity contribution in [2.45, 2.75) is 26.9 Å². The van der Waals surface area contributed by atoms with Crippen molar-refractivity contribution in [2.24, 2.45) is 0 Å². The molecule has 0 aliphatic rings. The highest BCUT2D eigenvalue weighted by Gasteiger charge is 2.22. The van der Waals surface area contributed by atoms with Crippen LogP contribution in [-0.2, 0) is 14.3 Å². The zero-order valence-corrected chi connectivity index (χ0v) is 12.7. The summed E-state index contributed by atoms with van der Waals surface area (Å²) < 4.78 is 10.9. The molecule has 0 aliphatic heterocycles. The average molecular weight is 279 g/mol. The molecule has 20 heavy (non-hydrogen) atoms. The van der Waals surface area contributed by atoms with E-state index in [9.17, 15) is 4.79 Å². The van der Waals surface area contributed by atoms with Crippen molar-refractivity contribution in [1.29, 1.82) is 0 Å². The summed E-state index contributed by atoms with van der Waals surface area (Å²) in [5.41, 5.74) is 0.838. The summed E-state index contributed by atoms with van der Waals surface area (Å²) >= 11 is 0. The summed E-state index contributed by atoms with van der Waals surface area (Å²) in [5.74, 6) is -0.321. The Morgan fingerprint density at radius 1 is 1.15 bits per heavy atom. The second kappa shape index (κ2) is 9.50. The molecular weight excluding hydrogens is 254 g/mol. The summed E-state index contributed by atoms with van der Waals surface area (Å²) in [4.78, 5) is 14.3. The van der Waals surface area contributed by atoms with Crippen LogP contribution in [-0.4, -0.2) is 43.7 Å². The highest BCUT2D eigenvalue weighted by atomic mass is 16.6. The van der Waals surface area contributed by atoms with Gasteiger partial charge in [0.1, 0.15) is 0 Å². The number of esters is 1. The van der Waals surface area contributed by atoms with Crippen LogP contribution >= 0.6 is 0 Å². The molecule has 0 N–H and O–H groups in total. The number of likely N-dealkylation sites (N-methyl/N-ethyl adjacent to an activating group) is 1. The van der Waals surface area contributed by atoms with Gasteiger partial charge >= 0.3 is 5.97 Å². The molecule has 0 bridgehead atoms. The summed E-state index contributed by atoms with van der Waals surface area (Å²) in [6, 6.07) is 9.49. The number of hydrogen-bond acceptors (Lipinski definition) is 4. The fourth-order valence-corrected chi connectivity index (χ4v) is 1.99. The molecule has 1 rings (SSSR count). The van der Waals surface area contributed by atoms with E-state index in [4.69, 9.17) is 9.47 Å². The predicted molar refractivity (Wildman–Crippen MR) is 79.6 cm³/mol. The highest BCUT2D eigenvalue weighted by molar-refractivity contribution is 5.76. The highest BCUT2D eigenvalue weighted by Crippen LogP contribution is 2.18. The standard InChI is InChI=1S/C16H25NO3/c1-4-17(5-2)12-13-20-15(16(18)19-6-3)14-10-8-7-9-11-14/h7-11,15H,4-6,12-13H2,1-3H3. The third-order valence-corrected chi connectivity index (χ3v) is 3.19. The van der Waals surface area contributed by atoms with Crippen molar-refractivity contribution >= 4 is 5.97 Å². The van der Waals surface area contributed by atoms with Crippen molar-refractivity contribution in [3.63, 3.8) is 0 Å². The molecule has 0 spiro atoms. The fraction of sp³-hybridized carbons (Fsp3) is 0.562. The zero-order valence-electron chi connectivity index (χ0n) is 12.7. The molecule has 0 radical (unpaired) electrons. The number of carbonyl (C=O) groups excluding carboxylic acids is 1. The summed E-state index contributed by atoms with van der Waals surface area (Å²) in [6.45, 7) is 9.69. The van der Waals surface area contributed by atoms with E-state index in [2.05, 4.69) is 18.7 Å². The van der Waals surface area contributed by atoms with Crippen LogP contribution in [0.2, 0.25) is 0 Å². The quantitative estimate of drug-likeness (QED) is 0.651. The molecule has 0 aromatic heterocycles. The van der Waals surface area contributed by atoms with Crippen LogP contribution in [0, 0.1) is 0 Å². The molecule has 112 valence electrons. The van der Waals surface area contributed by atoms with Crippen molar-refractivity contribution in [3.05, 3.63) is 35.9 Å². The molecule has 1 aromatic carbocycles. The molecule has 1 atom stereocenters. The summed E-state index contributed by atoms with van der Waals surface area (Å²) in [6.07, 6.45) is -0.633. The molecule has 1 aromatic rings. The summed E-state index contributed by atoms with van der Waals surface area (Å²) in [7, 11) is 0. The second-order valence-corrected chi connectivity index (χ2v) is 4.44. The van der Waals surface area contributed by atoms with Gasteiger partial charge in [0, 0.05) is 6.54 Å². The Kier molecular flexibility index (Phi) is 7.92. The van der Waals surface area contributed by atoms with Gasteiger partial charge in [-0.1, -0.05) is 44.2 Å². The Labute approximate surface area is 121 Å². The first-order chi connectivity index (χ1) is 9.72. The molecule has 4 heteroatoms. The van der Waals surface area contributed by atoms with E-state index in [1.807, 2.05) is 30.3 Å². The van der Waals surface area contributed by atoms with Crippen molar-refractivity contribution in [3.8, 4) is 0 Å². The number of rotatable bonds is 9. The molecule has 0 saturated carbocycles. The first-order valence-electron chi connectivity index (χ1n) is 7.28. The van der Waals surface area contributed by atoms with Gasteiger partial charge in [0.25, 0.3) is 0 Å². The summed E-state index contributed by atoms with van der Waals surface area (Å²) in [5, 5.41) is 0. The maximum Gasteiger partial charge on any atom is 0.339 e. The third kappa shape index (κ3) is 5.31. The second-order valence-electron chi connectivity index (χ2n) is 4.44. The van der Waals surface area contributed by atoms with Gasteiger partial charge in [-0.3, -0.25) is 0 Å². The molecule has 0 aliphatic carbocycles. The van der Waals surface area contributed by atoms with E-state index in [1.54, 1.807) is 6.92 Å². The minimum atomic E-state index is -0.633. The van der Waals surface area contributed by atoms with Gasteiger partial charge in [-0.25, -0.2) is 4.79 Å². The lowest BCUT2D eigenvalue weighted by molar-refractivity contribution is -0.157. The molecule has 4 nitrogen and oxygen atoms in total. The predicted octanol–water partition coefficient (Wildman–Crippen LogP) is 2.65. The van der Waals surface area contributed by atoms with E-state index in [0.717, 1.165) is 25.2 Å². The Hall–Kier alpha value is -1.39. The normalized spacial score (nSPS) is 12.4. The number of carbonyl (C=O) groups is 1. The first kappa shape index (κ1) is 16.7. The first-order valence-corrected chi connectivity index (χ1v) is 7.28. The van der Waals surface area contributed by atoms with Gasteiger partial charge in [0.15, 0.2) is 6.10 Å². The topological polar surface area (TPSA) is 38.8 Å². The van der Waals surface area contributed by atoms with Gasteiger partial charge in [0.2, 0.25) is 0 Å². The number of ether oxygens (including phenoxy) is 2. The zero-order chi connectivity index (χ0) is 14.8. The number of hydrogen-bond donors (Lipinski definition) is 0. The van der Waals surface area contributed by atoms with E-state index in [1.165, 1.54) is 0 Å². The van der Waals surface area contributed by atoms with Crippen molar-refractivity contribution in [1.82, 2.24) is 4.90 Å². The lowest BCUT2D eigenvalue weighted by Crippen LogP contribution is -2.29. The SMILES string of the molecule is CCOC(=O)C(OCCN(CC)CC)c1ccccc1. The van der Waals surface area contributed by atoms with Crippen molar-refractivity contribution < 1.29 is 14.3 Å². The smallest absolute Gasteiger partial charge is 0.339 e. The fourth-order valence-electron chi connectivity index (χ4n) is 1.99. The monoisotopic (exact) mass is 279 g/mol. The van der Waals surface area contributed by atoms with Crippen LogP contribution in [0.5, 0.6) is 0 Å². The minimum absolute atomic E-state index is 0.321. The van der Waals surface area contributed by atoms with Crippen LogP contribution in [0.4, 0.5) is 0 Å². The van der Waals surface area contributed by atoms with Crippen LogP contribution < -0.4 is 0 Å². The van der Waals surface area contributed by atoms with E-state index < -0.39 is 6.10 Å². The maximum atomic E-state index is 12.0. The Balaban J connectivity index is 2.62. The molecule has 1 unspecified atom stereocenters. The van der Waals surface area contributed by atoms with Gasteiger partial charge in [0.05, 0.1) is 13.2 Å². The number of nitrogens with zero attached hydrogens (tertiary/aromatic N) is 1. The Morgan fingerprint density at radius 2 is 1.80 bits per heavy atom. The number of benzene rings is 1. The van der Waals surface area contributed by atoms with E-state index in [0.29, 0.717) is 13.2 Å². The van der Waals surface area contributed by atoms with Gasteiger partial charge < -0.3 is 14.4 Å². The average Bonchev–Trinajstić information content (AvgIpc) is 2.48. The lowest BCUT2D eigenvalue weighted by Gasteiger charge is -2.21.